The minimum atomic E-state index is 0.188. The molecule has 1 aromatic heterocycles. The molecule has 1 atom stereocenters. The molecule has 2 heterocycles. The van der Waals surface area contributed by atoms with Gasteiger partial charge < -0.3 is 14.6 Å². The van der Waals surface area contributed by atoms with Crippen LogP contribution in [0.1, 0.15) is 31.0 Å². The first kappa shape index (κ1) is 14.0. The Labute approximate surface area is 125 Å². The van der Waals surface area contributed by atoms with Gasteiger partial charge in [-0.3, -0.25) is 4.79 Å². The zero-order chi connectivity index (χ0) is 15.0. The van der Waals surface area contributed by atoms with E-state index in [1.54, 1.807) is 14.0 Å². The van der Waals surface area contributed by atoms with Crippen LogP contribution in [0.3, 0.4) is 0 Å². The number of fused-ring (bicyclic) bond motifs is 1. The summed E-state index contributed by atoms with van der Waals surface area (Å²) in [6, 6.07) is 6.44. The molecule has 0 radical (unpaired) electrons. The van der Waals surface area contributed by atoms with E-state index in [9.17, 15) is 4.79 Å². The second kappa shape index (κ2) is 5.43. The third kappa shape index (κ3) is 2.50. The normalized spacial score (nSPS) is 18.4. The second-order valence-electron chi connectivity index (χ2n) is 5.85. The van der Waals surface area contributed by atoms with Gasteiger partial charge in [0.25, 0.3) is 0 Å². The van der Waals surface area contributed by atoms with Gasteiger partial charge in [-0.1, -0.05) is 0 Å². The predicted molar refractivity (Wildman–Crippen MR) is 83.7 cm³/mol. The van der Waals surface area contributed by atoms with Gasteiger partial charge in [-0.15, -0.1) is 0 Å². The number of H-pyrrole nitrogens is 1. The number of hydrogen-bond donors (Lipinski definition) is 1. The average molecular weight is 286 g/mol. The number of rotatable bonds is 3. The predicted octanol–water partition coefficient (Wildman–Crippen LogP) is 3.04. The van der Waals surface area contributed by atoms with Gasteiger partial charge in [0, 0.05) is 36.1 Å². The summed E-state index contributed by atoms with van der Waals surface area (Å²) in [5.41, 5.74) is 3.63. The number of carbonyl (C=O) groups excluding carboxylic acids is 1. The molecule has 1 aliphatic rings. The van der Waals surface area contributed by atoms with Crippen LogP contribution in [0.5, 0.6) is 5.75 Å². The molecule has 0 saturated carbocycles. The lowest BCUT2D eigenvalue weighted by Gasteiger charge is -2.23. The smallest absolute Gasteiger partial charge is 0.219 e. The molecule has 0 spiro atoms. The summed E-state index contributed by atoms with van der Waals surface area (Å²) in [6.45, 7) is 4.67. The Bertz CT molecular complexity index is 675. The number of benzene rings is 1. The summed E-state index contributed by atoms with van der Waals surface area (Å²) in [5, 5.41) is 1.21. The van der Waals surface area contributed by atoms with E-state index in [1.807, 2.05) is 11.0 Å². The number of aryl methyl sites for hydroxylation is 1. The van der Waals surface area contributed by atoms with Crippen LogP contribution in [0.4, 0.5) is 0 Å². The van der Waals surface area contributed by atoms with E-state index in [0.717, 1.165) is 37.1 Å². The minimum absolute atomic E-state index is 0.188. The number of amides is 1. The fraction of sp³-hybridized carbons (Fsp3) is 0.471. The highest BCUT2D eigenvalue weighted by Gasteiger charge is 2.27. The van der Waals surface area contributed by atoms with E-state index in [4.69, 9.17) is 4.74 Å². The van der Waals surface area contributed by atoms with Gasteiger partial charge in [-0.05, 0) is 49.9 Å². The summed E-state index contributed by atoms with van der Waals surface area (Å²) in [5.74, 6) is 1.06. The van der Waals surface area contributed by atoms with Gasteiger partial charge in [0.05, 0.1) is 7.11 Å². The van der Waals surface area contributed by atoms with Gasteiger partial charge in [-0.25, -0.2) is 0 Å². The van der Waals surface area contributed by atoms with Crippen molar-refractivity contribution in [1.82, 2.24) is 9.88 Å². The second-order valence-corrected chi connectivity index (χ2v) is 5.85. The topological polar surface area (TPSA) is 45.3 Å². The van der Waals surface area contributed by atoms with Crippen molar-refractivity contribution in [3.63, 3.8) is 0 Å². The van der Waals surface area contributed by atoms with Gasteiger partial charge in [-0.2, -0.15) is 0 Å². The third-order valence-electron chi connectivity index (χ3n) is 4.55. The van der Waals surface area contributed by atoms with E-state index in [0.29, 0.717) is 6.04 Å². The van der Waals surface area contributed by atoms with Crippen molar-refractivity contribution in [3.05, 3.63) is 29.5 Å². The Morgan fingerprint density at radius 2 is 2.29 bits per heavy atom. The van der Waals surface area contributed by atoms with Crippen LogP contribution in [0.15, 0.2) is 18.2 Å². The molecule has 112 valence electrons. The van der Waals surface area contributed by atoms with Crippen molar-refractivity contribution >= 4 is 16.8 Å². The number of ether oxygens (including phenoxy) is 1. The fourth-order valence-corrected chi connectivity index (χ4v) is 3.45. The quantitative estimate of drug-likeness (QED) is 0.942. The van der Waals surface area contributed by atoms with Crippen molar-refractivity contribution < 1.29 is 9.53 Å². The molecule has 1 aliphatic heterocycles. The van der Waals surface area contributed by atoms with Crippen LogP contribution >= 0.6 is 0 Å². The Morgan fingerprint density at radius 3 is 3.00 bits per heavy atom. The van der Waals surface area contributed by atoms with Crippen LogP contribution in [0.2, 0.25) is 0 Å². The molecule has 0 aliphatic carbocycles. The fourth-order valence-electron chi connectivity index (χ4n) is 3.45. The maximum absolute atomic E-state index is 11.7. The summed E-state index contributed by atoms with van der Waals surface area (Å²) in [4.78, 5) is 17.2. The van der Waals surface area contributed by atoms with E-state index >= 15 is 0 Å². The molecule has 1 fully saturated rings. The van der Waals surface area contributed by atoms with Crippen LogP contribution in [-0.4, -0.2) is 35.5 Å². The lowest BCUT2D eigenvalue weighted by atomic mass is 10.0. The molecule has 1 N–H and O–H groups in total. The molecule has 1 saturated heterocycles. The highest BCUT2D eigenvalue weighted by atomic mass is 16.5. The molecular weight excluding hydrogens is 264 g/mol. The van der Waals surface area contributed by atoms with Gasteiger partial charge >= 0.3 is 0 Å². The standard InChI is InChI=1S/C17H22N2O2/c1-11-15(9-13-5-4-8-19(13)12(2)20)16-10-14(21-3)6-7-17(16)18-11/h6-7,10,13,18H,4-5,8-9H2,1-3H3. The lowest BCUT2D eigenvalue weighted by Crippen LogP contribution is -2.35. The first-order chi connectivity index (χ1) is 10.1. The Morgan fingerprint density at radius 1 is 1.48 bits per heavy atom. The lowest BCUT2D eigenvalue weighted by molar-refractivity contribution is -0.129. The number of carbonyl (C=O) groups is 1. The SMILES string of the molecule is COc1ccc2[nH]c(C)c(CC3CCCN3C(C)=O)c2c1. The number of aromatic nitrogens is 1. The van der Waals surface area contributed by atoms with Crippen LogP contribution in [0, 0.1) is 6.92 Å². The summed E-state index contributed by atoms with van der Waals surface area (Å²) in [7, 11) is 1.69. The summed E-state index contributed by atoms with van der Waals surface area (Å²) in [6.07, 6.45) is 3.11. The van der Waals surface area contributed by atoms with Crippen molar-refractivity contribution in [1.29, 1.82) is 0 Å². The van der Waals surface area contributed by atoms with E-state index in [-0.39, 0.29) is 5.91 Å². The van der Waals surface area contributed by atoms with Crippen molar-refractivity contribution in [3.8, 4) is 5.75 Å². The molecule has 4 nitrogen and oxygen atoms in total. The Kier molecular flexibility index (Phi) is 3.62. The molecule has 3 rings (SSSR count). The maximum Gasteiger partial charge on any atom is 0.219 e. The van der Waals surface area contributed by atoms with Gasteiger partial charge in [0.1, 0.15) is 5.75 Å². The number of hydrogen-bond acceptors (Lipinski definition) is 2. The third-order valence-corrected chi connectivity index (χ3v) is 4.55. The van der Waals surface area contributed by atoms with E-state index < -0.39 is 0 Å². The molecule has 1 unspecified atom stereocenters. The average Bonchev–Trinajstić information content (AvgIpc) is 3.04. The first-order valence-electron chi connectivity index (χ1n) is 7.52. The number of aromatic amines is 1. The van der Waals surface area contributed by atoms with Gasteiger partial charge in [0.15, 0.2) is 0 Å². The largest absolute Gasteiger partial charge is 0.497 e. The maximum atomic E-state index is 11.7. The van der Waals surface area contributed by atoms with E-state index in [1.165, 1.54) is 16.6 Å². The molecule has 21 heavy (non-hydrogen) atoms. The Balaban J connectivity index is 1.96. The van der Waals surface area contributed by atoms with Crippen LogP contribution in [-0.2, 0) is 11.2 Å². The van der Waals surface area contributed by atoms with Crippen LogP contribution in [0.25, 0.3) is 10.9 Å². The minimum Gasteiger partial charge on any atom is -0.497 e. The number of methoxy groups -OCH3 is 1. The number of likely N-dealkylation sites (tertiary alicyclic amines) is 1. The van der Waals surface area contributed by atoms with Gasteiger partial charge in [0.2, 0.25) is 5.91 Å². The summed E-state index contributed by atoms with van der Waals surface area (Å²) >= 11 is 0. The molecule has 1 aromatic carbocycles. The molecular formula is C17H22N2O2. The zero-order valence-corrected chi connectivity index (χ0v) is 12.9. The van der Waals surface area contributed by atoms with Crippen LogP contribution < -0.4 is 4.74 Å². The molecule has 4 heteroatoms. The Hall–Kier alpha value is -1.97. The molecule has 1 amide bonds. The first-order valence-corrected chi connectivity index (χ1v) is 7.52. The van der Waals surface area contributed by atoms with E-state index in [2.05, 4.69) is 24.0 Å². The highest BCUT2D eigenvalue weighted by molar-refractivity contribution is 5.86. The number of nitrogens with one attached hydrogen (secondary N) is 1. The zero-order valence-electron chi connectivity index (χ0n) is 12.9. The van der Waals surface area contributed by atoms with Crippen molar-refractivity contribution in [2.75, 3.05) is 13.7 Å². The van der Waals surface area contributed by atoms with Crippen molar-refractivity contribution in [2.45, 2.75) is 39.2 Å². The monoisotopic (exact) mass is 286 g/mol. The molecule has 0 bridgehead atoms. The van der Waals surface area contributed by atoms with Crippen molar-refractivity contribution in [2.24, 2.45) is 0 Å². The highest BCUT2D eigenvalue weighted by Crippen LogP contribution is 2.30. The summed E-state index contributed by atoms with van der Waals surface area (Å²) < 4.78 is 5.34. The molecule has 2 aromatic rings. The number of nitrogens with zero attached hydrogens (tertiary/aromatic N) is 1.